The second-order valence-corrected chi connectivity index (χ2v) is 4.94. The van der Waals surface area contributed by atoms with Gasteiger partial charge in [-0.15, -0.1) is 0 Å². The minimum Gasteiger partial charge on any atom is -0.382 e. The van der Waals surface area contributed by atoms with Crippen LogP contribution in [0.5, 0.6) is 0 Å². The molecule has 0 spiro atoms. The predicted molar refractivity (Wildman–Crippen MR) is 54.5 cm³/mol. The Labute approximate surface area is 85.6 Å². The molecule has 0 amide bonds. The maximum Gasteiger partial charge on any atom is 0.209 e. The second-order valence-electron chi connectivity index (χ2n) is 3.21. The summed E-state index contributed by atoms with van der Waals surface area (Å²) >= 11 is 0. The standard InChI is InChI=1S/C8H19NO4S/c1-8(7-12-2)13-5-3-4-6-14(9,10)11/h8H,3-7H2,1-2H3,(H2,9,10,11). The van der Waals surface area contributed by atoms with E-state index in [1.807, 2.05) is 6.92 Å². The van der Waals surface area contributed by atoms with Gasteiger partial charge in [0.05, 0.1) is 18.5 Å². The molecule has 0 heterocycles. The van der Waals surface area contributed by atoms with Crippen LogP contribution in [0.3, 0.4) is 0 Å². The normalized spacial score (nSPS) is 14.2. The van der Waals surface area contributed by atoms with Crippen molar-refractivity contribution in [1.82, 2.24) is 0 Å². The van der Waals surface area contributed by atoms with Crippen LogP contribution in [0.15, 0.2) is 0 Å². The topological polar surface area (TPSA) is 78.6 Å². The second kappa shape index (κ2) is 7.17. The number of sulfonamides is 1. The summed E-state index contributed by atoms with van der Waals surface area (Å²) in [5.41, 5.74) is 0. The fourth-order valence-corrected chi connectivity index (χ4v) is 1.58. The first kappa shape index (κ1) is 13.8. The SMILES string of the molecule is COCC(C)OCCCCS(N)(=O)=O. The van der Waals surface area contributed by atoms with Gasteiger partial charge in [0, 0.05) is 13.7 Å². The average Bonchev–Trinajstić information content (AvgIpc) is 2.02. The lowest BCUT2D eigenvalue weighted by atomic mass is 10.3. The van der Waals surface area contributed by atoms with E-state index in [9.17, 15) is 8.42 Å². The summed E-state index contributed by atoms with van der Waals surface area (Å²) in [7, 11) is -1.70. The third kappa shape index (κ3) is 9.91. The van der Waals surface area contributed by atoms with Gasteiger partial charge in [-0.05, 0) is 19.8 Å². The van der Waals surface area contributed by atoms with Gasteiger partial charge in [-0.1, -0.05) is 0 Å². The van der Waals surface area contributed by atoms with Crippen LogP contribution >= 0.6 is 0 Å². The van der Waals surface area contributed by atoms with E-state index in [4.69, 9.17) is 14.6 Å². The van der Waals surface area contributed by atoms with E-state index in [1.54, 1.807) is 7.11 Å². The van der Waals surface area contributed by atoms with E-state index in [0.717, 1.165) is 0 Å². The van der Waals surface area contributed by atoms with Gasteiger partial charge in [0.25, 0.3) is 0 Å². The van der Waals surface area contributed by atoms with E-state index >= 15 is 0 Å². The number of primary sulfonamides is 1. The molecule has 0 aliphatic rings. The van der Waals surface area contributed by atoms with Crippen molar-refractivity contribution < 1.29 is 17.9 Å². The van der Waals surface area contributed by atoms with E-state index in [0.29, 0.717) is 26.1 Å². The number of unbranched alkanes of at least 4 members (excludes halogenated alkanes) is 1. The molecule has 14 heavy (non-hydrogen) atoms. The Morgan fingerprint density at radius 1 is 1.36 bits per heavy atom. The number of hydrogen-bond donors (Lipinski definition) is 1. The van der Waals surface area contributed by atoms with E-state index in [2.05, 4.69) is 0 Å². The number of nitrogens with two attached hydrogens (primary N) is 1. The number of ether oxygens (including phenoxy) is 2. The lowest BCUT2D eigenvalue weighted by Gasteiger charge is -2.11. The van der Waals surface area contributed by atoms with Gasteiger partial charge in [-0.3, -0.25) is 0 Å². The highest BCUT2D eigenvalue weighted by Gasteiger charge is 2.03. The molecule has 0 saturated carbocycles. The van der Waals surface area contributed by atoms with Gasteiger partial charge in [0.1, 0.15) is 0 Å². The van der Waals surface area contributed by atoms with Crippen molar-refractivity contribution >= 4 is 10.0 Å². The summed E-state index contributed by atoms with van der Waals surface area (Å²) in [6.45, 7) is 3.00. The van der Waals surface area contributed by atoms with Crippen LogP contribution in [0, 0.1) is 0 Å². The highest BCUT2D eigenvalue weighted by atomic mass is 32.2. The molecule has 5 nitrogen and oxygen atoms in total. The van der Waals surface area contributed by atoms with Crippen molar-refractivity contribution in [1.29, 1.82) is 0 Å². The first-order valence-corrected chi connectivity index (χ1v) is 6.28. The van der Waals surface area contributed by atoms with E-state index < -0.39 is 10.0 Å². The molecule has 0 radical (unpaired) electrons. The molecule has 0 fully saturated rings. The van der Waals surface area contributed by atoms with E-state index in [-0.39, 0.29) is 11.9 Å². The van der Waals surface area contributed by atoms with Gasteiger partial charge in [0.2, 0.25) is 10.0 Å². The van der Waals surface area contributed by atoms with Crippen LogP contribution in [-0.2, 0) is 19.5 Å². The quantitative estimate of drug-likeness (QED) is 0.594. The van der Waals surface area contributed by atoms with Crippen LogP contribution in [0.4, 0.5) is 0 Å². The van der Waals surface area contributed by atoms with Crippen molar-refractivity contribution in [2.75, 3.05) is 26.1 Å². The number of rotatable bonds is 8. The third-order valence-corrected chi connectivity index (χ3v) is 2.48. The molecule has 0 saturated heterocycles. The molecule has 6 heteroatoms. The Bertz CT molecular complexity index is 227. The Morgan fingerprint density at radius 2 is 2.00 bits per heavy atom. The van der Waals surface area contributed by atoms with Gasteiger partial charge in [0.15, 0.2) is 0 Å². The van der Waals surface area contributed by atoms with Crippen molar-refractivity contribution in [2.45, 2.75) is 25.9 Å². The van der Waals surface area contributed by atoms with Crippen molar-refractivity contribution in [3.8, 4) is 0 Å². The molecule has 86 valence electrons. The van der Waals surface area contributed by atoms with Crippen LogP contribution in [0.25, 0.3) is 0 Å². The summed E-state index contributed by atoms with van der Waals surface area (Å²) in [6.07, 6.45) is 1.29. The zero-order chi connectivity index (χ0) is 11.0. The Morgan fingerprint density at radius 3 is 2.50 bits per heavy atom. The van der Waals surface area contributed by atoms with Crippen LogP contribution < -0.4 is 5.14 Å². The number of hydrogen-bond acceptors (Lipinski definition) is 4. The fraction of sp³-hybridized carbons (Fsp3) is 1.00. The minimum absolute atomic E-state index is 0.0228. The fourth-order valence-electron chi connectivity index (χ4n) is 0.973. The smallest absolute Gasteiger partial charge is 0.209 e. The lowest BCUT2D eigenvalue weighted by molar-refractivity contribution is 0.00817. The highest BCUT2D eigenvalue weighted by molar-refractivity contribution is 7.89. The Balaban J connectivity index is 3.30. The summed E-state index contributed by atoms with van der Waals surface area (Å²) in [6, 6.07) is 0. The number of methoxy groups -OCH3 is 1. The molecule has 0 aliphatic carbocycles. The van der Waals surface area contributed by atoms with Crippen LogP contribution in [0.2, 0.25) is 0 Å². The predicted octanol–water partition coefficient (Wildman–Crippen LogP) is 0.107. The average molecular weight is 225 g/mol. The molecule has 0 bridgehead atoms. The van der Waals surface area contributed by atoms with Crippen molar-refractivity contribution in [3.63, 3.8) is 0 Å². The zero-order valence-corrected chi connectivity index (χ0v) is 9.55. The largest absolute Gasteiger partial charge is 0.382 e. The van der Waals surface area contributed by atoms with E-state index in [1.165, 1.54) is 0 Å². The van der Waals surface area contributed by atoms with Crippen LogP contribution in [-0.4, -0.2) is 40.6 Å². The van der Waals surface area contributed by atoms with Crippen molar-refractivity contribution in [3.05, 3.63) is 0 Å². The lowest BCUT2D eigenvalue weighted by Crippen LogP contribution is -2.18. The minimum atomic E-state index is -3.32. The maximum atomic E-state index is 10.5. The van der Waals surface area contributed by atoms with Gasteiger partial charge < -0.3 is 9.47 Å². The van der Waals surface area contributed by atoms with Gasteiger partial charge in [-0.2, -0.15) is 0 Å². The molecule has 0 rings (SSSR count). The van der Waals surface area contributed by atoms with Crippen molar-refractivity contribution in [2.24, 2.45) is 5.14 Å². The third-order valence-electron chi connectivity index (χ3n) is 1.63. The first-order valence-electron chi connectivity index (χ1n) is 4.56. The molecule has 1 atom stereocenters. The molecule has 0 aliphatic heterocycles. The summed E-state index contributed by atoms with van der Waals surface area (Å²) < 4.78 is 31.3. The highest BCUT2D eigenvalue weighted by Crippen LogP contribution is 1.97. The van der Waals surface area contributed by atoms with Gasteiger partial charge >= 0.3 is 0 Å². The summed E-state index contributed by atoms with van der Waals surface area (Å²) in [5.74, 6) is 0.0228. The molecule has 1 unspecified atom stereocenters. The first-order chi connectivity index (χ1) is 6.45. The molecular weight excluding hydrogens is 206 g/mol. The zero-order valence-electron chi connectivity index (χ0n) is 8.73. The van der Waals surface area contributed by atoms with Gasteiger partial charge in [-0.25, -0.2) is 13.6 Å². The molecule has 0 aromatic carbocycles. The monoisotopic (exact) mass is 225 g/mol. The Kier molecular flexibility index (Phi) is 7.08. The Hall–Kier alpha value is -0.170. The molecule has 0 aromatic heterocycles. The summed E-state index contributed by atoms with van der Waals surface area (Å²) in [4.78, 5) is 0. The molecule has 0 aromatic rings. The van der Waals surface area contributed by atoms with Crippen LogP contribution in [0.1, 0.15) is 19.8 Å². The maximum absolute atomic E-state index is 10.5. The molecule has 2 N–H and O–H groups in total. The summed E-state index contributed by atoms with van der Waals surface area (Å²) in [5, 5.41) is 4.84. The molecular formula is C8H19NO4S.